The number of carboxylic acids is 1. The molecular weight excluding hydrogens is 228 g/mol. The Balaban J connectivity index is 3.73. The van der Waals surface area contributed by atoms with Crippen LogP contribution < -0.4 is 11.5 Å². The summed E-state index contributed by atoms with van der Waals surface area (Å²) in [6, 6.07) is -0.921. The van der Waals surface area contributed by atoms with Gasteiger partial charge in [0.05, 0.1) is 0 Å². The second kappa shape index (κ2) is 8.31. The molecule has 0 saturated heterocycles. The molecule has 8 heteroatoms. The molecule has 0 rings (SSSR count). The summed E-state index contributed by atoms with van der Waals surface area (Å²) in [4.78, 5) is 24.0. The number of aliphatic carboxylic acids is 1. The fourth-order valence-electron chi connectivity index (χ4n) is 1.36. The molecule has 8 nitrogen and oxygen atoms in total. The number of unbranched alkanes of at least 4 members (excludes halogenated alkanes) is 3. The predicted molar refractivity (Wildman–Crippen MR) is 62.2 cm³/mol. The minimum atomic E-state index is -1.07. The highest BCUT2D eigenvalue weighted by Crippen LogP contribution is 2.08. The van der Waals surface area contributed by atoms with Crippen molar-refractivity contribution >= 4 is 11.9 Å². The van der Waals surface area contributed by atoms with Gasteiger partial charge in [-0.15, -0.1) is 0 Å². The van der Waals surface area contributed by atoms with E-state index in [4.69, 9.17) is 16.6 Å². The summed E-state index contributed by atoms with van der Waals surface area (Å²) in [5.74, 6) is -1.31. The molecular formula is C9H18N4O4. The van der Waals surface area contributed by atoms with Crippen LogP contribution in [0.3, 0.4) is 0 Å². The molecule has 5 N–H and O–H groups in total. The highest BCUT2D eigenvalue weighted by Gasteiger charge is 2.15. The number of nitrogens with two attached hydrogens (primary N) is 2. The molecule has 0 saturated carbocycles. The second-order valence-corrected chi connectivity index (χ2v) is 3.67. The first-order valence-corrected chi connectivity index (χ1v) is 5.37. The van der Waals surface area contributed by atoms with Gasteiger partial charge in [-0.25, -0.2) is 9.79 Å². The van der Waals surface area contributed by atoms with Crippen molar-refractivity contribution in [2.75, 3.05) is 6.54 Å². The Morgan fingerprint density at radius 3 is 2.35 bits per heavy atom. The van der Waals surface area contributed by atoms with Crippen molar-refractivity contribution in [1.82, 2.24) is 0 Å². The number of nitro groups is 1. The molecule has 0 aliphatic rings. The Morgan fingerprint density at radius 1 is 1.29 bits per heavy atom. The maximum Gasteiger partial charge on any atom is 0.328 e. The summed E-state index contributed by atoms with van der Waals surface area (Å²) in [7, 11) is 0. The van der Waals surface area contributed by atoms with Gasteiger partial charge in [0.1, 0.15) is 0 Å². The molecule has 17 heavy (non-hydrogen) atoms. The Labute approximate surface area is 98.8 Å². The molecule has 0 amide bonds. The lowest BCUT2D eigenvalue weighted by molar-refractivity contribution is -0.480. The van der Waals surface area contributed by atoms with Gasteiger partial charge in [0.25, 0.3) is 0 Å². The normalized spacial score (nSPS) is 11.8. The molecule has 0 bridgehead atoms. The van der Waals surface area contributed by atoms with Crippen LogP contribution in [0, 0.1) is 10.1 Å². The third-order valence-corrected chi connectivity index (χ3v) is 2.16. The lowest BCUT2D eigenvalue weighted by Crippen LogP contribution is -2.28. The molecule has 0 fully saturated rings. The van der Waals surface area contributed by atoms with Crippen LogP contribution in [-0.4, -0.2) is 34.5 Å². The average molecular weight is 246 g/mol. The van der Waals surface area contributed by atoms with E-state index in [0.29, 0.717) is 25.7 Å². The van der Waals surface area contributed by atoms with Crippen LogP contribution in [0.5, 0.6) is 0 Å². The van der Waals surface area contributed by atoms with Crippen molar-refractivity contribution in [3.05, 3.63) is 10.1 Å². The predicted octanol–water partition coefficient (Wildman–Crippen LogP) is -0.0598. The lowest BCUT2D eigenvalue weighted by Gasteiger charge is -2.07. The largest absolute Gasteiger partial charge is 0.480 e. The van der Waals surface area contributed by atoms with Crippen LogP contribution >= 0.6 is 0 Å². The average Bonchev–Trinajstić information content (AvgIpc) is 2.20. The van der Waals surface area contributed by atoms with Crippen LogP contribution in [0.2, 0.25) is 0 Å². The van der Waals surface area contributed by atoms with Gasteiger partial charge in [-0.3, -0.25) is 10.1 Å². The van der Waals surface area contributed by atoms with Gasteiger partial charge in [-0.05, 0) is 12.8 Å². The van der Waals surface area contributed by atoms with Crippen molar-refractivity contribution in [2.24, 2.45) is 16.5 Å². The first-order valence-electron chi connectivity index (χ1n) is 5.37. The van der Waals surface area contributed by atoms with Crippen molar-refractivity contribution in [3.8, 4) is 0 Å². The van der Waals surface area contributed by atoms with Crippen LogP contribution in [0.15, 0.2) is 4.99 Å². The maximum atomic E-state index is 10.7. The van der Waals surface area contributed by atoms with Gasteiger partial charge in [-0.1, -0.05) is 12.8 Å². The van der Waals surface area contributed by atoms with E-state index < -0.39 is 12.0 Å². The molecule has 1 unspecified atom stereocenters. The van der Waals surface area contributed by atoms with Gasteiger partial charge >= 0.3 is 5.97 Å². The standard InChI is InChI=1S/C9H18N4O4/c10-9(11)12-7(8(14)15)5-3-1-2-4-6-13(16)17/h7H,1-6H2,(H,14,15)(H4,10,11,12). The molecule has 0 heterocycles. The minimum absolute atomic E-state index is 0.0454. The van der Waals surface area contributed by atoms with Crippen LogP contribution in [-0.2, 0) is 4.79 Å². The number of carbonyl (C=O) groups is 1. The van der Waals surface area contributed by atoms with E-state index in [2.05, 4.69) is 4.99 Å². The van der Waals surface area contributed by atoms with Gasteiger partial charge in [-0.2, -0.15) is 0 Å². The second-order valence-electron chi connectivity index (χ2n) is 3.67. The number of nitrogens with zero attached hydrogens (tertiary/aromatic N) is 2. The highest BCUT2D eigenvalue weighted by atomic mass is 16.6. The number of hydrogen-bond donors (Lipinski definition) is 3. The summed E-state index contributed by atoms with van der Waals surface area (Å²) in [5, 5.41) is 18.8. The molecule has 0 aromatic heterocycles. The van der Waals surface area contributed by atoms with Gasteiger partial charge in [0.2, 0.25) is 6.54 Å². The Bertz CT molecular complexity index is 289. The van der Waals surface area contributed by atoms with Crippen LogP contribution in [0.25, 0.3) is 0 Å². The first kappa shape index (κ1) is 15.1. The zero-order chi connectivity index (χ0) is 13.3. The van der Waals surface area contributed by atoms with E-state index in [1.54, 1.807) is 0 Å². The molecule has 98 valence electrons. The first-order chi connectivity index (χ1) is 7.93. The fourth-order valence-corrected chi connectivity index (χ4v) is 1.36. The summed E-state index contributed by atoms with van der Waals surface area (Å²) >= 11 is 0. The van der Waals surface area contributed by atoms with Crippen molar-refractivity contribution in [1.29, 1.82) is 0 Å². The fraction of sp³-hybridized carbons (Fsp3) is 0.778. The van der Waals surface area contributed by atoms with Gasteiger partial charge in [0.15, 0.2) is 12.0 Å². The minimum Gasteiger partial charge on any atom is -0.480 e. The van der Waals surface area contributed by atoms with Gasteiger partial charge in [0, 0.05) is 11.3 Å². The molecule has 1 atom stereocenters. The SMILES string of the molecule is NC(N)=NC(CCCCCC[N+](=O)[O-])C(=O)O. The van der Waals surface area contributed by atoms with E-state index in [0.717, 1.165) is 6.42 Å². The summed E-state index contributed by atoms with van der Waals surface area (Å²) in [5.41, 5.74) is 10.2. The highest BCUT2D eigenvalue weighted by molar-refractivity contribution is 5.81. The molecule has 0 spiro atoms. The maximum absolute atomic E-state index is 10.7. The Morgan fingerprint density at radius 2 is 1.88 bits per heavy atom. The topological polar surface area (TPSA) is 145 Å². The molecule has 0 aromatic rings. The Kier molecular flexibility index (Phi) is 7.40. The number of aliphatic imine (C=N–C) groups is 1. The number of rotatable bonds is 9. The quantitative estimate of drug-likeness (QED) is 0.171. The monoisotopic (exact) mass is 246 g/mol. The molecule has 0 radical (unpaired) electrons. The summed E-state index contributed by atoms with van der Waals surface area (Å²) in [6.07, 6.45) is 2.91. The van der Waals surface area contributed by atoms with Crippen LogP contribution in [0.4, 0.5) is 0 Å². The van der Waals surface area contributed by atoms with E-state index in [1.165, 1.54) is 0 Å². The smallest absolute Gasteiger partial charge is 0.328 e. The lowest BCUT2D eigenvalue weighted by atomic mass is 10.1. The summed E-state index contributed by atoms with van der Waals surface area (Å²) < 4.78 is 0. The van der Waals surface area contributed by atoms with E-state index in [1.807, 2.05) is 0 Å². The zero-order valence-corrected chi connectivity index (χ0v) is 9.54. The van der Waals surface area contributed by atoms with Gasteiger partial charge < -0.3 is 16.6 Å². The molecule has 0 aromatic carbocycles. The van der Waals surface area contributed by atoms with E-state index in [9.17, 15) is 14.9 Å². The third kappa shape index (κ3) is 9.09. The molecule has 0 aliphatic carbocycles. The summed E-state index contributed by atoms with van der Waals surface area (Å²) in [6.45, 7) is -0.0454. The number of carboxylic acid groups (broad SMARTS) is 1. The van der Waals surface area contributed by atoms with Crippen molar-refractivity contribution < 1.29 is 14.8 Å². The molecule has 0 aliphatic heterocycles. The van der Waals surface area contributed by atoms with Crippen molar-refractivity contribution in [2.45, 2.75) is 38.1 Å². The van der Waals surface area contributed by atoms with E-state index >= 15 is 0 Å². The van der Waals surface area contributed by atoms with Crippen LogP contribution in [0.1, 0.15) is 32.1 Å². The third-order valence-electron chi connectivity index (χ3n) is 2.16. The van der Waals surface area contributed by atoms with E-state index in [-0.39, 0.29) is 17.4 Å². The number of guanidine groups is 1. The zero-order valence-electron chi connectivity index (χ0n) is 9.54. The van der Waals surface area contributed by atoms with Crippen molar-refractivity contribution in [3.63, 3.8) is 0 Å². The number of hydrogen-bond acceptors (Lipinski definition) is 4. The Hall–Kier alpha value is -1.86.